The van der Waals surface area contributed by atoms with Gasteiger partial charge in [-0.15, -0.1) is 23.7 Å². The number of nitrogens with two attached hydrogens (primary N) is 1. The molecule has 0 bridgehead atoms. The first-order valence-electron chi connectivity index (χ1n) is 6.82. The number of halogens is 1. The SMILES string of the molecule is CN(C)CCOC1CCN(Cc2cnc(N)s2)CC1.Cl. The van der Waals surface area contributed by atoms with E-state index < -0.39 is 0 Å². The van der Waals surface area contributed by atoms with Gasteiger partial charge in [0.05, 0.1) is 12.7 Å². The highest BCUT2D eigenvalue weighted by Crippen LogP contribution is 2.20. The lowest BCUT2D eigenvalue weighted by Crippen LogP contribution is -2.37. The number of ether oxygens (including phenoxy) is 1. The summed E-state index contributed by atoms with van der Waals surface area (Å²) in [5.74, 6) is 0. The van der Waals surface area contributed by atoms with Crippen molar-refractivity contribution in [2.24, 2.45) is 0 Å². The lowest BCUT2D eigenvalue weighted by atomic mass is 10.1. The third-order valence-electron chi connectivity index (χ3n) is 3.38. The maximum absolute atomic E-state index is 5.90. The van der Waals surface area contributed by atoms with Gasteiger partial charge in [0.15, 0.2) is 5.13 Å². The monoisotopic (exact) mass is 320 g/mol. The van der Waals surface area contributed by atoms with Gasteiger partial charge >= 0.3 is 0 Å². The van der Waals surface area contributed by atoms with Crippen molar-refractivity contribution in [2.45, 2.75) is 25.5 Å². The van der Waals surface area contributed by atoms with E-state index in [4.69, 9.17) is 10.5 Å². The Morgan fingerprint density at radius 1 is 1.45 bits per heavy atom. The topological polar surface area (TPSA) is 54.6 Å². The summed E-state index contributed by atoms with van der Waals surface area (Å²) in [4.78, 5) is 9.96. The molecule has 0 amide bonds. The molecule has 0 spiro atoms. The van der Waals surface area contributed by atoms with Gasteiger partial charge in [0, 0.05) is 37.3 Å². The zero-order chi connectivity index (χ0) is 13.7. The Morgan fingerprint density at radius 3 is 2.70 bits per heavy atom. The fourth-order valence-corrected chi connectivity index (χ4v) is 2.98. The summed E-state index contributed by atoms with van der Waals surface area (Å²) < 4.78 is 5.90. The Morgan fingerprint density at radius 2 is 2.15 bits per heavy atom. The number of nitrogen functional groups attached to an aromatic ring is 1. The largest absolute Gasteiger partial charge is 0.377 e. The van der Waals surface area contributed by atoms with E-state index in [9.17, 15) is 0 Å². The molecule has 0 aromatic carbocycles. The third kappa shape index (κ3) is 5.93. The molecule has 7 heteroatoms. The van der Waals surface area contributed by atoms with Crippen LogP contribution in [0.1, 0.15) is 17.7 Å². The minimum absolute atomic E-state index is 0. The van der Waals surface area contributed by atoms with Crippen LogP contribution in [0.15, 0.2) is 6.20 Å². The first-order valence-corrected chi connectivity index (χ1v) is 7.64. The highest BCUT2D eigenvalue weighted by Gasteiger charge is 2.20. The number of anilines is 1. The van der Waals surface area contributed by atoms with E-state index in [-0.39, 0.29) is 12.4 Å². The molecule has 0 saturated carbocycles. The van der Waals surface area contributed by atoms with Crippen LogP contribution in [0.4, 0.5) is 5.13 Å². The van der Waals surface area contributed by atoms with Crippen molar-refractivity contribution >= 4 is 28.9 Å². The fraction of sp³-hybridized carbons (Fsp3) is 0.769. The van der Waals surface area contributed by atoms with E-state index in [0.29, 0.717) is 11.2 Å². The van der Waals surface area contributed by atoms with Gasteiger partial charge in [-0.2, -0.15) is 0 Å². The van der Waals surface area contributed by atoms with Gasteiger partial charge in [-0.1, -0.05) is 0 Å². The van der Waals surface area contributed by atoms with Crippen molar-refractivity contribution in [3.8, 4) is 0 Å². The zero-order valence-corrected chi connectivity index (χ0v) is 13.9. The number of hydrogen-bond donors (Lipinski definition) is 1. The van der Waals surface area contributed by atoms with Gasteiger partial charge in [0.1, 0.15) is 0 Å². The summed E-state index contributed by atoms with van der Waals surface area (Å²) in [7, 11) is 4.15. The Bertz CT molecular complexity index is 380. The van der Waals surface area contributed by atoms with E-state index in [1.165, 1.54) is 4.88 Å². The van der Waals surface area contributed by atoms with Gasteiger partial charge in [-0.3, -0.25) is 4.90 Å². The number of likely N-dealkylation sites (tertiary alicyclic amines) is 1. The molecule has 0 atom stereocenters. The lowest BCUT2D eigenvalue weighted by Gasteiger charge is -2.31. The summed E-state index contributed by atoms with van der Waals surface area (Å²) in [6.07, 6.45) is 4.58. The van der Waals surface area contributed by atoms with Crippen molar-refractivity contribution in [1.82, 2.24) is 14.8 Å². The van der Waals surface area contributed by atoms with Crippen LogP contribution >= 0.6 is 23.7 Å². The Kier molecular flexibility index (Phi) is 7.76. The minimum atomic E-state index is 0. The van der Waals surface area contributed by atoms with E-state index in [1.54, 1.807) is 11.3 Å². The standard InChI is InChI=1S/C13H24N4OS.ClH/c1-16(2)7-8-18-11-3-5-17(6-4-11)10-12-9-15-13(14)19-12;/h9,11H,3-8,10H2,1-2H3,(H2,14,15);1H. The Balaban J connectivity index is 0.00000200. The molecule has 1 aliphatic heterocycles. The van der Waals surface area contributed by atoms with Crippen molar-refractivity contribution in [2.75, 3.05) is 46.1 Å². The molecule has 20 heavy (non-hydrogen) atoms. The van der Waals surface area contributed by atoms with Crippen LogP contribution in [0.25, 0.3) is 0 Å². The predicted molar refractivity (Wildman–Crippen MR) is 86.6 cm³/mol. The van der Waals surface area contributed by atoms with Crippen LogP contribution in [-0.4, -0.2) is 61.2 Å². The number of hydrogen-bond acceptors (Lipinski definition) is 6. The third-order valence-corrected chi connectivity index (χ3v) is 4.19. The van der Waals surface area contributed by atoms with Gasteiger partial charge in [0.25, 0.3) is 0 Å². The Hall–Kier alpha value is -0.400. The molecule has 1 aromatic heterocycles. The normalized spacial score (nSPS) is 17.4. The number of rotatable bonds is 6. The molecule has 1 saturated heterocycles. The summed E-state index contributed by atoms with van der Waals surface area (Å²) >= 11 is 1.59. The smallest absolute Gasteiger partial charge is 0.180 e. The summed E-state index contributed by atoms with van der Waals surface area (Å²) in [5, 5.41) is 0.664. The molecular formula is C13H25ClN4OS. The lowest BCUT2D eigenvalue weighted by molar-refractivity contribution is 0.000946. The molecule has 2 rings (SSSR count). The van der Waals surface area contributed by atoms with Crippen molar-refractivity contribution < 1.29 is 4.74 Å². The molecule has 2 N–H and O–H groups in total. The van der Waals surface area contributed by atoms with Crippen molar-refractivity contribution in [1.29, 1.82) is 0 Å². The van der Waals surface area contributed by atoms with Crippen LogP contribution in [0.2, 0.25) is 0 Å². The molecule has 1 aromatic rings. The first kappa shape index (κ1) is 17.7. The van der Waals surface area contributed by atoms with Crippen LogP contribution in [0.3, 0.4) is 0 Å². The van der Waals surface area contributed by atoms with Gasteiger partial charge in [-0.25, -0.2) is 4.98 Å². The molecule has 2 heterocycles. The molecule has 5 nitrogen and oxygen atoms in total. The van der Waals surface area contributed by atoms with Gasteiger partial charge < -0.3 is 15.4 Å². The van der Waals surface area contributed by atoms with Crippen LogP contribution in [0.5, 0.6) is 0 Å². The molecule has 0 radical (unpaired) electrons. The van der Waals surface area contributed by atoms with Crippen LogP contribution in [0, 0.1) is 0 Å². The molecule has 1 aliphatic rings. The fourth-order valence-electron chi connectivity index (χ4n) is 2.25. The van der Waals surface area contributed by atoms with Gasteiger partial charge in [-0.05, 0) is 26.9 Å². The number of thiazole rings is 1. The number of likely N-dealkylation sites (N-methyl/N-ethyl adjacent to an activating group) is 1. The van der Waals surface area contributed by atoms with Crippen LogP contribution < -0.4 is 5.73 Å². The highest BCUT2D eigenvalue weighted by molar-refractivity contribution is 7.15. The quantitative estimate of drug-likeness (QED) is 0.864. The second-order valence-electron chi connectivity index (χ2n) is 5.31. The summed E-state index contributed by atoms with van der Waals surface area (Å²) in [5.41, 5.74) is 5.65. The Labute approximate surface area is 131 Å². The number of aromatic nitrogens is 1. The average Bonchev–Trinajstić information content (AvgIpc) is 2.77. The average molecular weight is 321 g/mol. The molecule has 0 aliphatic carbocycles. The second kappa shape index (κ2) is 8.79. The van der Waals surface area contributed by atoms with Crippen molar-refractivity contribution in [3.05, 3.63) is 11.1 Å². The number of nitrogens with zero attached hydrogens (tertiary/aromatic N) is 3. The molecule has 1 fully saturated rings. The van der Waals surface area contributed by atoms with Crippen LogP contribution in [-0.2, 0) is 11.3 Å². The maximum atomic E-state index is 5.90. The van der Waals surface area contributed by atoms with Gasteiger partial charge in [0.2, 0.25) is 0 Å². The minimum Gasteiger partial charge on any atom is -0.377 e. The highest BCUT2D eigenvalue weighted by atomic mass is 35.5. The van der Waals surface area contributed by atoms with E-state index in [1.807, 2.05) is 6.20 Å². The molecular weight excluding hydrogens is 296 g/mol. The molecule has 0 unspecified atom stereocenters. The first-order chi connectivity index (χ1) is 9.13. The summed E-state index contributed by atoms with van der Waals surface area (Å²) in [6.45, 7) is 5.01. The maximum Gasteiger partial charge on any atom is 0.180 e. The van der Waals surface area contributed by atoms with E-state index in [2.05, 4.69) is 28.9 Å². The summed E-state index contributed by atoms with van der Waals surface area (Å²) in [6, 6.07) is 0. The zero-order valence-electron chi connectivity index (χ0n) is 12.2. The predicted octanol–water partition coefficient (Wildman–Crippen LogP) is 1.69. The van der Waals surface area contributed by atoms with Crippen molar-refractivity contribution in [3.63, 3.8) is 0 Å². The molecule has 116 valence electrons. The van der Waals surface area contributed by atoms with E-state index in [0.717, 1.165) is 45.6 Å². The van der Waals surface area contributed by atoms with E-state index >= 15 is 0 Å². The number of piperidine rings is 1. The second-order valence-corrected chi connectivity index (χ2v) is 6.46.